The lowest BCUT2D eigenvalue weighted by molar-refractivity contribution is -0.116. The number of hydrogen-bond acceptors (Lipinski definition) is 2. The van der Waals surface area contributed by atoms with Crippen molar-refractivity contribution in [2.75, 3.05) is 5.32 Å². The van der Waals surface area contributed by atoms with Gasteiger partial charge in [-0.3, -0.25) is 4.79 Å². The first-order valence-electron chi connectivity index (χ1n) is 6.41. The van der Waals surface area contributed by atoms with Crippen LogP contribution < -0.4 is 5.32 Å². The van der Waals surface area contributed by atoms with E-state index in [9.17, 15) is 4.79 Å². The molecule has 19 heavy (non-hydrogen) atoms. The van der Waals surface area contributed by atoms with Crippen LogP contribution in [-0.4, -0.2) is 10.9 Å². The molecule has 1 N–H and O–H groups in total. The van der Waals surface area contributed by atoms with Gasteiger partial charge in [-0.2, -0.15) is 0 Å². The molecule has 1 aromatic carbocycles. The molecule has 0 radical (unpaired) electrons. The Balaban J connectivity index is 1.84. The third-order valence-corrected chi connectivity index (χ3v) is 2.94. The second-order valence-electron chi connectivity index (χ2n) is 4.75. The van der Waals surface area contributed by atoms with Crippen molar-refractivity contribution >= 4 is 11.7 Å². The van der Waals surface area contributed by atoms with Gasteiger partial charge in [-0.25, -0.2) is 4.98 Å². The van der Waals surface area contributed by atoms with Crippen LogP contribution in [0.3, 0.4) is 0 Å². The molecule has 1 aromatic heterocycles. The highest BCUT2D eigenvalue weighted by Crippen LogP contribution is 2.08. The lowest BCUT2D eigenvalue weighted by Gasteiger charge is -2.05. The minimum absolute atomic E-state index is 0.00284. The van der Waals surface area contributed by atoms with Crippen LogP contribution in [0.25, 0.3) is 0 Å². The van der Waals surface area contributed by atoms with Crippen molar-refractivity contribution in [3.05, 3.63) is 59.3 Å². The molecule has 98 valence electrons. The summed E-state index contributed by atoms with van der Waals surface area (Å²) in [6.07, 6.45) is 2.96. The third kappa shape index (κ3) is 4.21. The SMILES string of the molecule is Cc1ccc(CCC(=O)Nc2ccc(C)cn2)cc1. The molecule has 0 bridgehead atoms. The Labute approximate surface area is 113 Å². The van der Waals surface area contributed by atoms with Crippen LogP contribution in [0.4, 0.5) is 5.82 Å². The summed E-state index contributed by atoms with van der Waals surface area (Å²) >= 11 is 0. The smallest absolute Gasteiger partial charge is 0.225 e. The van der Waals surface area contributed by atoms with Crippen molar-refractivity contribution in [3.8, 4) is 0 Å². The summed E-state index contributed by atoms with van der Waals surface area (Å²) in [5.74, 6) is 0.608. The quantitative estimate of drug-likeness (QED) is 0.909. The van der Waals surface area contributed by atoms with Crippen molar-refractivity contribution in [2.45, 2.75) is 26.7 Å². The Bertz CT molecular complexity index is 544. The Hall–Kier alpha value is -2.16. The van der Waals surface area contributed by atoms with Crippen molar-refractivity contribution < 1.29 is 4.79 Å². The maximum atomic E-state index is 11.8. The first-order chi connectivity index (χ1) is 9.13. The molecule has 1 heterocycles. The fourth-order valence-electron chi connectivity index (χ4n) is 1.76. The molecule has 3 nitrogen and oxygen atoms in total. The van der Waals surface area contributed by atoms with Gasteiger partial charge >= 0.3 is 0 Å². The van der Waals surface area contributed by atoms with Crippen LogP contribution in [0.5, 0.6) is 0 Å². The van der Waals surface area contributed by atoms with E-state index in [-0.39, 0.29) is 5.91 Å². The zero-order valence-corrected chi connectivity index (χ0v) is 11.3. The number of nitrogens with one attached hydrogen (secondary N) is 1. The standard InChI is InChI=1S/C16H18N2O/c1-12-3-6-14(7-4-12)8-10-16(19)18-15-9-5-13(2)11-17-15/h3-7,9,11H,8,10H2,1-2H3,(H,17,18,19). The summed E-state index contributed by atoms with van der Waals surface area (Å²) in [5.41, 5.74) is 3.49. The normalized spacial score (nSPS) is 10.2. The second kappa shape index (κ2) is 6.14. The fraction of sp³-hybridized carbons (Fsp3) is 0.250. The molecule has 3 heteroatoms. The van der Waals surface area contributed by atoms with Gasteiger partial charge in [0.25, 0.3) is 0 Å². The Kier molecular flexibility index (Phi) is 4.29. The van der Waals surface area contributed by atoms with E-state index < -0.39 is 0 Å². The number of carbonyl (C=O) groups is 1. The molecule has 0 unspecified atom stereocenters. The number of rotatable bonds is 4. The van der Waals surface area contributed by atoms with Crippen LogP contribution in [-0.2, 0) is 11.2 Å². The molecular weight excluding hydrogens is 236 g/mol. The molecule has 0 spiro atoms. The summed E-state index contributed by atoms with van der Waals surface area (Å²) in [5, 5.41) is 2.80. The summed E-state index contributed by atoms with van der Waals surface area (Å²) < 4.78 is 0. The Morgan fingerprint density at radius 2 is 1.74 bits per heavy atom. The first kappa shape index (κ1) is 13.3. The van der Waals surface area contributed by atoms with E-state index in [1.54, 1.807) is 6.20 Å². The van der Waals surface area contributed by atoms with Crippen LogP contribution >= 0.6 is 0 Å². The average Bonchev–Trinajstić information content (AvgIpc) is 2.41. The molecule has 1 amide bonds. The van der Waals surface area contributed by atoms with E-state index >= 15 is 0 Å². The number of anilines is 1. The van der Waals surface area contributed by atoms with Gasteiger partial charge in [0.05, 0.1) is 0 Å². The van der Waals surface area contributed by atoms with Gasteiger partial charge in [-0.1, -0.05) is 35.9 Å². The number of carbonyl (C=O) groups excluding carboxylic acids is 1. The molecular formula is C16H18N2O. The summed E-state index contributed by atoms with van der Waals surface area (Å²) in [6, 6.07) is 12.0. The van der Waals surface area contributed by atoms with E-state index in [0.29, 0.717) is 12.2 Å². The number of aromatic nitrogens is 1. The van der Waals surface area contributed by atoms with Crippen molar-refractivity contribution in [3.63, 3.8) is 0 Å². The van der Waals surface area contributed by atoms with Crippen LogP contribution in [0.1, 0.15) is 23.1 Å². The topological polar surface area (TPSA) is 42.0 Å². The number of hydrogen-bond donors (Lipinski definition) is 1. The molecule has 0 aliphatic carbocycles. The van der Waals surface area contributed by atoms with Crippen molar-refractivity contribution in [1.29, 1.82) is 0 Å². The fourth-order valence-corrected chi connectivity index (χ4v) is 1.76. The summed E-state index contributed by atoms with van der Waals surface area (Å²) in [7, 11) is 0. The lowest BCUT2D eigenvalue weighted by atomic mass is 10.1. The molecule has 2 rings (SSSR count). The van der Waals surface area contributed by atoms with Crippen LogP contribution in [0.15, 0.2) is 42.6 Å². The predicted octanol–water partition coefficient (Wildman–Crippen LogP) is 3.27. The highest BCUT2D eigenvalue weighted by atomic mass is 16.1. The van der Waals surface area contributed by atoms with Gasteiger partial charge in [0, 0.05) is 12.6 Å². The number of nitrogens with zero attached hydrogens (tertiary/aromatic N) is 1. The van der Waals surface area contributed by atoms with E-state index in [1.807, 2.05) is 19.1 Å². The molecule has 0 saturated heterocycles. The third-order valence-electron chi connectivity index (χ3n) is 2.94. The Morgan fingerprint density at radius 1 is 1.05 bits per heavy atom. The summed E-state index contributed by atoms with van der Waals surface area (Å²) in [6.45, 7) is 4.02. The maximum absolute atomic E-state index is 11.8. The number of benzene rings is 1. The van der Waals surface area contributed by atoms with E-state index in [4.69, 9.17) is 0 Å². The van der Waals surface area contributed by atoms with Gasteiger partial charge in [-0.15, -0.1) is 0 Å². The highest BCUT2D eigenvalue weighted by Gasteiger charge is 2.03. The number of aryl methyl sites for hydroxylation is 3. The molecule has 0 aliphatic rings. The lowest BCUT2D eigenvalue weighted by Crippen LogP contribution is -2.13. The van der Waals surface area contributed by atoms with Crippen LogP contribution in [0, 0.1) is 13.8 Å². The maximum Gasteiger partial charge on any atom is 0.225 e. The van der Waals surface area contributed by atoms with Crippen molar-refractivity contribution in [2.24, 2.45) is 0 Å². The number of amides is 1. The molecule has 0 atom stereocenters. The number of pyridine rings is 1. The zero-order valence-electron chi connectivity index (χ0n) is 11.3. The zero-order chi connectivity index (χ0) is 13.7. The van der Waals surface area contributed by atoms with E-state index in [1.165, 1.54) is 11.1 Å². The Morgan fingerprint density at radius 3 is 2.37 bits per heavy atom. The van der Waals surface area contributed by atoms with Gasteiger partial charge in [-0.05, 0) is 37.5 Å². The average molecular weight is 254 g/mol. The van der Waals surface area contributed by atoms with Gasteiger partial charge in [0.2, 0.25) is 5.91 Å². The minimum atomic E-state index is -0.00284. The van der Waals surface area contributed by atoms with E-state index in [2.05, 4.69) is 41.5 Å². The monoisotopic (exact) mass is 254 g/mol. The minimum Gasteiger partial charge on any atom is -0.311 e. The van der Waals surface area contributed by atoms with E-state index in [0.717, 1.165) is 12.0 Å². The summed E-state index contributed by atoms with van der Waals surface area (Å²) in [4.78, 5) is 15.9. The highest BCUT2D eigenvalue weighted by molar-refractivity contribution is 5.89. The van der Waals surface area contributed by atoms with Gasteiger partial charge in [0.1, 0.15) is 5.82 Å². The van der Waals surface area contributed by atoms with Crippen LogP contribution in [0.2, 0.25) is 0 Å². The van der Waals surface area contributed by atoms with Crippen molar-refractivity contribution in [1.82, 2.24) is 4.98 Å². The van der Waals surface area contributed by atoms with Gasteiger partial charge in [0.15, 0.2) is 0 Å². The molecule has 2 aromatic rings. The largest absolute Gasteiger partial charge is 0.311 e. The molecule has 0 fully saturated rings. The predicted molar refractivity (Wildman–Crippen MR) is 77.1 cm³/mol. The van der Waals surface area contributed by atoms with Gasteiger partial charge < -0.3 is 5.32 Å². The second-order valence-corrected chi connectivity index (χ2v) is 4.75. The molecule has 0 saturated carbocycles. The molecule has 0 aliphatic heterocycles. The first-order valence-corrected chi connectivity index (χ1v) is 6.41.